The molecular weight excluding hydrogens is 296 g/mol. The Balaban J connectivity index is 2.23. The highest BCUT2D eigenvalue weighted by Crippen LogP contribution is 2.13. The molecule has 8 nitrogen and oxygen atoms in total. The Morgan fingerprint density at radius 1 is 1.24 bits per heavy atom. The lowest BCUT2D eigenvalue weighted by Crippen LogP contribution is -2.40. The van der Waals surface area contributed by atoms with Gasteiger partial charge in [-0.05, 0) is 24.3 Å². The Morgan fingerprint density at radius 3 is 2.48 bits per heavy atom. The summed E-state index contributed by atoms with van der Waals surface area (Å²) in [7, 11) is -0.876. The standard InChI is InChI=1S/C12H16N4O4S/c1-19-11-7-10(14-12(15-11)20-2)16-21(17,18)9-5-3-8(13)4-6-9/h3-7,10,16H,13H2,1-2H3,(H,14,15). The summed E-state index contributed by atoms with van der Waals surface area (Å²) in [4.78, 5) is 4.13. The van der Waals surface area contributed by atoms with Crippen LogP contribution in [0.25, 0.3) is 0 Å². The van der Waals surface area contributed by atoms with Gasteiger partial charge in [-0.25, -0.2) is 13.4 Å². The first-order chi connectivity index (χ1) is 9.94. The van der Waals surface area contributed by atoms with Gasteiger partial charge < -0.3 is 15.2 Å². The highest BCUT2D eigenvalue weighted by atomic mass is 32.2. The van der Waals surface area contributed by atoms with Crippen molar-refractivity contribution in [1.29, 1.82) is 0 Å². The second kappa shape index (κ2) is 6.02. The van der Waals surface area contributed by atoms with E-state index in [1.54, 1.807) is 0 Å². The summed E-state index contributed by atoms with van der Waals surface area (Å²) < 4.78 is 36.9. The molecule has 0 spiro atoms. The van der Waals surface area contributed by atoms with Gasteiger partial charge in [-0.15, -0.1) is 0 Å². The lowest BCUT2D eigenvalue weighted by Gasteiger charge is -2.20. The van der Waals surface area contributed by atoms with Crippen LogP contribution in [0.4, 0.5) is 5.69 Å². The zero-order valence-electron chi connectivity index (χ0n) is 11.5. The number of nitrogens with two attached hydrogens (primary N) is 1. The van der Waals surface area contributed by atoms with E-state index in [1.807, 2.05) is 0 Å². The minimum Gasteiger partial charge on any atom is -0.482 e. The molecule has 1 heterocycles. The van der Waals surface area contributed by atoms with Crippen LogP contribution in [0, 0.1) is 0 Å². The number of ether oxygens (including phenoxy) is 2. The van der Waals surface area contributed by atoms with Gasteiger partial charge in [-0.2, -0.15) is 4.72 Å². The minimum absolute atomic E-state index is 0.0942. The maximum absolute atomic E-state index is 12.2. The van der Waals surface area contributed by atoms with Gasteiger partial charge in [0.2, 0.25) is 10.0 Å². The summed E-state index contributed by atoms with van der Waals surface area (Å²) in [5, 5.41) is 2.73. The Labute approximate surface area is 122 Å². The molecule has 0 aliphatic carbocycles. The molecule has 1 aromatic rings. The van der Waals surface area contributed by atoms with E-state index in [0.29, 0.717) is 11.6 Å². The van der Waals surface area contributed by atoms with E-state index < -0.39 is 16.2 Å². The van der Waals surface area contributed by atoms with Gasteiger partial charge in [0.25, 0.3) is 6.02 Å². The summed E-state index contributed by atoms with van der Waals surface area (Å²) in [5.41, 5.74) is 6.02. The van der Waals surface area contributed by atoms with Gasteiger partial charge in [0.1, 0.15) is 6.17 Å². The van der Waals surface area contributed by atoms with Crippen molar-refractivity contribution in [1.82, 2.24) is 10.0 Å². The molecule has 0 aromatic heterocycles. The number of nitrogen functional groups attached to an aromatic ring is 1. The number of amidine groups is 1. The van der Waals surface area contributed by atoms with Crippen LogP contribution < -0.4 is 15.8 Å². The summed E-state index contributed by atoms with van der Waals surface area (Å²) in [6.07, 6.45) is 0.649. The molecule has 0 amide bonds. The van der Waals surface area contributed by atoms with Gasteiger partial charge in [-0.3, -0.25) is 5.32 Å². The van der Waals surface area contributed by atoms with E-state index in [0.717, 1.165) is 0 Å². The highest BCUT2D eigenvalue weighted by Gasteiger charge is 2.22. The van der Waals surface area contributed by atoms with Crippen LogP contribution in [0.3, 0.4) is 0 Å². The molecule has 1 aromatic carbocycles. The van der Waals surface area contributed by atoms with Gasteiger partial charge >= 0.3 is 0 Å². The smallest absolute Gasteiger partial charge is 0.293 e. The summed E-state index contributed by atoms with van der Waals surface area (Å²) >= 11 is 0. The molecular formula is C12H16N4O4S. The predicted octanol–water partition coefficient (Wildman–Crippen LogP) is -0.0334. The third-order valence-corrected chi connectivity index (χ3v) is 4.12. The maximum Gasteiger partial charge on any atom is 0.293 e. The molecule has 1 unspecified atom stereocenters. The van der Waals surface area contributed by atoms with Crippen molar-refractivity contribution in [2.45, 2.75) is 11.1 Å². The maximum atomic E-state index is 12.2. The second-order valence-electron chi connectivity index (χ2n) is 4.13. The molecule has 2 rings (SSSR count). The Bertz CT molecular complexity index is 647. The van der Waals surface area contributed by atoms with E-state index in [9.17, 15) is 8.42 Å². The zero-order valence-corrected chi connectivity index (χ0v) is 12.3. The summed E-state index contributed by atoms with van der Waals surface area (Å²) in [5.74, 6) is 0.340. The number of anilines is 1. The van der Waals surface area contributed by atoms with Crippen molar-refractivity contribution in [2.24, 2.45) is 4.99 Å². The molecule has 9 heteroatoms. The van der Waals surface area contributed by atoms with Crippen molar-refractivity contribution in [3.8, 4) is 0 Å². The van der Waals surface area contributed by atoms with E-state index in [-0.39, 0.29) is 10.9 Å². The number of methoxy groups -OCH3 is 2. The number of rotatable bonds is 4. The molecule has 4 N–H and O–H groups in total. The SMILES string of the molecule is COC1=CC(NS(=O)(=O)c2ccc(N)cc2)N=C(OC)N1. The van der Waals surface area contributed by atoms with Crippen LogP contribution in [-0.4, -0.2) is 34.8 Å². The van der Waals surface area contributed by atoms with Crippen LogP contribution in [0.15, 0.2) is 46.1 Å². The average molecular weight is 312 g/mol. The van der Waals surface area contributed by atoms with Gasteiger partial charge in [-0.1, -0.05) is 0 Å². The molecule has 114 valence electrons. The largest absolute Gasteiger partial charge is 0.482 e. The monoisotopic (exact) mass is 312 g/mol. The normalized spacial score (nSPS) is 18.3. The van der Waals surface area contributed by atoms with E-state index in [1.165, 1.54) is 44.6 Å². The fourth-order valence-electron chi connectivity index (χ4n) is 1.64. The van der Waals surface area contributed by atoms with Crippen molar-refractivity contribution < 1.29 is 17.9 Å². The minimum atomic E-state index is -3.74. The second-order valence-corrected chi connectivity index (χ2v) is 5.85. The molecule has 1 aliphatic heterocycles. The van der Waals surface area contributed by atoms with E-state index in [4.69, 9.17) is 15.2 Å². The number of nitrogens with one attached hydrogen (secondary N) is 2. The lowest BCUT2D eigenvalue weighted by atomic mass is 10.3. The topological polar surface area (TPSA) is 115 Å². The average Bonchev–Trinajstić information content (AvgIpc) is 2.46. The van der Waals surface area contributed by atoms with Crippen molar-refractivity contribution in [3.05, 3.63) is 36.2 Å². The van der Waals surface area contributed by atoms with Crippen LogP contribution in [0.1, 0.15) is 0 Å². The van der Waals surface area contributed by atoms with Crippen molar-refractivity contribution >= 4 is 21.7 Å². The Kier molecular flexibility index (Phi) is 4.34. The number of aliphatic imine (C=N–C) groups is 1. The molecule has 0 fully saturated rings. The third kappa shape index (κ3) is 3.64. The third-order valence-electron chi connectivity index (χ3n) is 2.68. The van der Waals surface area contributed by atoms with E-state index >= 15 is 0 Å². The number of nitrogens with zero attached hydrogens (tertiary/aromatic N) is 1. The van der Waals surface area contributed by atoms with Gasteiger partial charge in [0.05, 0.1) is 19.1 Å². The van der Waals surface area contributed by atoms with Crippen LogP contribution in [0.5, 0.6) is 0 Å². The zero-order chi connectivity index (χ0) is 15.5. The summed E-state index contributed by atoms with van der Waals surface area (Å²) in [6, 6.07) is 6.01. The number of hydrogen-bond acceptors (Lipinski definition) is 7. The first-order valence-electron chi connectivity index (χ1n) is 5.97. The lowest BCUT2D eigenvalue weighted by molar-refractivity contribution is 0.256. The fraction of sp³-hybridized carbons (Fsp3) is 0.250. The molecule has 0 radical (unpaired) electrons. The molecule has 0 saturated carbocycles. The summed E-state index contributed by atoms with van der Waals surface area (Å²) in [6.45, 7) is 0. The number of sulfonamides is 1. The van der Waals surface area contributed by atoms with Crippen molar-refractivity contribution in [3.63, 3.8) is 0 Å². The first kappa shape index (κ1) is 15.1. The van der Waals surface area contributed by atoms with Gasteiger partial charge in [0.15, 0.2) is 5.88 Å². The first-order valence-corrected chi connectivity index (χ1v) is 7.45. The van der Waals surface area contributed by atoms with Crippen molar-refractivity contribution in [2.75, 3.05) is 20.0 Å². The van der Waals surface area contributed by atoms with Crippen LogP contribution in [-0.2, 0) is 19.5 Å². The molecule has 1 atom stereocenters. The molecule has 0 bridgehead atoms. The predicted molar refractivity (Wildman–Crippen MR) is 77.6 cm³/mol. The number of benzene rings is 1. The van der Waals surface area contributed by atoms with Crippen LogP contribution >= 0.6 is 0 Å². The van der Waals surface area contributed by atoms with E-state index in [2.05, 4.69) is 15.0 Å². The molecule has 1 aliphatic rings. The Hall–Kier alpha value is -2.26. The fourth-order valence-corrected chi connectivity index (χ4v) is 2.71. The highest BCUT2D eigenvalue weighted by molar-refractivity contribution is 7.89. The van der Waals surface area contributed by atoms with Gasteiger partial charge in [0, 0.05) is 11.8 Å². The quantitative estimate of drug-likeness (QED) is 0.672. The molecule has 0 saturated heterocycles. The Morgan fingerprint density at radius 2 is 1.90 bits per heavy atom. The molecule has 21 heavy (non-hydrogen) atoms. The number of hydrogen-bond donors (Lipinski definition) is 3. The van der Waals surface area contributed by atoms with Crippen LogP contribution in [0.2, 0.25) is 0 Å².